The van der Waals surface area contributed by atoms with Crippen LogP contribution >= 0.6 is 0 Å². The molecule has 0 aliphatic heterocycles. The maximum Gasteiger partial charge on any atom is 0.410 e. The highest BCUT2D eigenvalue weighted by Crippen LogP contribution is 2.09. The van der Waals surface area contributed by atoms with Crippen molar-refractivity contribution in [2.24, 2.45) is 0 Å². The monoisotopic (exact) mass is 390 g/mol. The van der Waals surface area contributed by atoms with Gasteiger partial charge in [-0.3, -0.25) is 9.69 Å². The molecule has 0 spiro atoms. The average Bonchev–Trinajstić information content (AvgIpc) is 2.43. The first kappa shape index (κ1) is 24.2. The van der Waals surface area contributed by atoms with E-state index in [2.05, 4.69) is 25.0 Å². The minimum Gasteiger partial charge on any atom is -0.465 e. The Kier molecular flexibility index (Phi) is 10.3. The van der Waals surface area contributed by atoms with Gasteiger partial charge in [0.05, 0.1) is 13.2 Å². The Morgan fingerprint density at radius 1 is 1.08 bits per heavy atom. The van der Waals surface area contributed by atoms with Crippen molar-refractivity contribution in [3.63, 3.8) is 0 Å². The average molecular weight is 391 g/mol. The fraction of sp³-hybridized carbons (Fsp3) is 0.824. The number of ether oxygens (including phenoxy) is 3. The second-order valence-electron chi connectivity index (χ2n) is 8.08. The first-order valence-corrected chi connectivity index (χ1v) is 12.6. The molecule has 1 N–H and O–H groups in total. The summed E-state index contributed by atoms with van der Waals surface area (Å²) < 4.78 is 15.3. The number of amides is 2. The van der Waals surface area contributed by atoms with Gasteiger partial charge in [-0.05, 0) is 33.7 Å². The quantitative estimate of drug-likeness (QED) is 0.370. The molecule has 0 radical (unpaired) electrons. The molecule has 0 bridgehead atoms. The summed E-state index contributed by atoms with van der Waals surface area (Å²) in [6.07, 6.45) is -1.18. The Labute approximate surface area is 157 Å². The molecule has 2 amide bonds. The van der Waals surface area contributed by atoms with E-state index in [4.69, 9.17) is 14.2 Å². The standard InChI is InChI=1S/C17H34N2O6Si/c1-8-23-14(20)13-19(16(22)24-11-12-26(5,6)7)10-9-18-15(21)25-17(2,3)4/h8-13H2,1-7H3,(H,18,21). The summed E-state index contributed by atoms with van der Waals surface area (Å²) in [5.41, 5.74) is -0.607. The van der Waals surface area contributed by atoms with Crippen molar-refractivity contribution in [2.45, 2.75) is 59.0 Å². The van der Waals surface area contributed by atoms with Gasteiger partial charge in [0.15, 0.2) is 0 Å². The summed E-state index contributed by atoms with van der Waals surface area (Å²) in [4.78, 5) is 36.8. The van der Waals surface area contributed by atoms with Gasteiger partial charge >= 0.3 is 18.2 Å². The van der Waals surface area contributed by atoms with Crippen LogP contribution < -0.4 is 5.32 Å². The predicted molar refractivity (Wildman–Crippen MR) is 102 cm³/mol. The van der Waals surface area contributed by atoms with Crippen molar-refractivity contribution in [2.75, 3.05) is 32.8 Å². The van der Waals surface area contributed by atoms with Crippen LogP contribution in [0, 0.1) is 0 Å². The Balaban J connectivity index is 4.57. The van der Waals surface area contributed by atoms with Gasteiger partial charge in [0.1, 0.15) is 12.1 Å². The summed E-state index contributed by atoms with van der Waals surface area (Å²) in [6, 6.07) is 0.835. The normalized spacial score (nSPS) is 11.5. The second kappa shape index (κ2) is 11.0. The van der Waals surface area contributed by atoms with Crippen LogP contribution in [-0.2, 0) is 19.0 Å². The van der Waals surface area contributed by atoms with Gasteiger partial charge in [-0.15, -0.1) is 0 Å². The topological polar surface area (TPSA) is 94.2 Å². The van der Waals surface area contributed by atoms with E-state index in [0.29, 0.717) is 6.61 Å². The van der Waals surface area contributed by atoms with E-state index in [-0.39, 0.29) is 26.2 Å². The highest BCUT2D eigenvalue weighted by Gasteiger charge is 2.22. The molecule has 8 nitrogen and oxygen atoms in total. The third-order valence-corrected chi connectivity index (χ3v) is 4.72. The van der Waals surface area contributed by atoms with Crippen molar-refractivity contribution in [3.05, 3.63) is 0 Å². The fourth-order valence-corrected chi connectivity index (χ4v) is 2.45. The number of nitrogens with one attached hydrogen (secondary N) is 1. The highest BCUT2D eigenvalue weighted by molar-refractivity contribution is 6.76. The summed E-state index contributed by atoms with van der Waals surface area (Å²) in [5.74, 6) is -0.521. The molecule has 0 heterocycles. The van der Waals surface area contributed by atoms with Crippen molar-refractivity contribution in [3.8, 4) is 0 Å². The van der Waals surface area contributed by atoms with Crippen LogP contribution in [0.5, 0.6) is 0 Å². The number of alkyl carbamates (subject to hydrolysis) is 1. The van der Waals surface area contributed by atoms with E-state index < -0.39 is 31.8 Å². The highest BCUT2D eigenvalue weighted by atomic mass is 28.3. The third-order valence-electron chi connectivity index (χ3n) is 3.01. The smallest absolute Gasteiger partial charge is 0.410 e. The molecule has 152 valence electrons. The van der Waals surface area contributed by atoms with Crippen LogP contribution in [0.3, 0.4) is 0 Å². The van der Waals surface area contributed by atoms with E-state index in [9.17, 15) is 14.4 Å². The second-order valence-corrected chi connectivity index (χ2v) is 13.7. The van der Waals surface area contributed by atoms with E-state index in [0.717, 1.165) is 6.04 Å². The van der Waals surface area contributed by atoms with Gasteiger partial charge in [0.25, 0.3) is 0 Å². The van der Waals surface area contributed by atoms with Crippen LogP contribution in [0.15, 0.2) is 0 Å². The Morgan fingerprint density at radius 3 is 2.19 bits per heavy atom. The molecule has 0 atom stereocenters. The van der Waals surface area contributed by atoms with Gasteiger partial charge < -0.3 is 19.5 Å². The van der Waals surface area contributed by atoms with Crippen LogP contribution in [0.4, 0.5) is 9.59 Å². The maximum absolute atomic E-state index is 12.2. The van der Waals surface area contributed by atoms with E-state index in [1.807, 2.05) is 0 Å². The van der Waals surface area contributed by atoms with Crippen molar-refractivity contribution >= 4 is 26.2 Å². The molecular weight excluding hydrogens is 356 g/mol. The third kappa shape index (κ3) is 13.5. The SMILES string of the molecule is CCOC(=O)CN(CCNC(=O)OC(C)(C)C)C(=O)OCC[Si](C)(C)C. The van der Waals surface area contributed by atoms with Crippen molar-refractivity contribution in [1.29, 1.82) is 0 Å². The zero-order chi connectivity index (χ0) is 20.4. The molecule has 0 saturated carbocycles. The van der Waals surface area contributed by atoms with Crippen LogP contribution in [0.1, 0.15) is 27.7 Å². The summed E-state index contributed by atoms with van der Waals surface area (Å²) >= 11 is 0. The largest absolute Gasteiger partial charge is 0.465 e. The summed E-state index contributed by atoms with van der Waals surface area (Å²) in [5, 5.41) is 2.55. The summed E-state index contributed by atoms with van der Waals surface area (Å²) in [7, 11) is -1.33. The van der Waals surface area contributed by atoms with Gasteiger partial charge in [-0.1, -0.05) is 19.6 Å². The molecule has 0 saturated heterocycles. The first-order chi connectivity index (χ1) is 11.8. The lowest BCUT2D eigenvalue weighted by molar-refractivity contribution is -0.144. The zero-order valence-corrected chi connectivity index (χ0v) is 18.1. The zero-order valence-electron chi connectivity index (χ0n) is 17.1. The number of nitrogens with zero attached hydrogens (tertiary/aromatic N) is 1. The first-order valence-electron chi connectivity index (χ1n) is 8.88. The van der Waals surface area contributed by atoms with E-state index in [1.165, 1.54) is 4.90 Å². The van der Waals surface area contributed by atoms with Gasteiger partial charge in [0.2, 0.25) is 0 Å². The summed E-state index contributed by atoms with van der Waals surface area (Å²) in [6.45, 7) is 14.1. The molecule has 0 aromatic rings. The number of carbonyl (C=O) groups is 3. The number of esters is 1. The minimum atomic E-state index is -1.33. The number of hydrogen-bond donors (Lipinski definition) is 1. The number of carbonyl (C=O) groups excluding carboxylic acids is 3. The Morgan fingerprint density at radius 2 is 1.69 bits per heavy atom. The molecule has 0 aliphatic carbocycles. The van der Waals surface area contributed by atoms with Crippen LogP contribution in [-0.4, -0.2) is 69.6 Å². The molecule has 0 unspecified atom stereocenters. The van der Waals surface area contributed by atoms with Gasteiger partial charge in [0, 0.05) is 21.2 Å². The molecule has 26 heavy (non-hydrogen) atoms. The molecule has 0 aromatic carbocycles. The minimum absolute atomic E-state index is 0.115. The van der Waals surface area contributed by atoms with Gasteiger partial charge in [-0.2, -0.15) is 0 Å². The lowest BCUT2D eigenvalue weighted by Gasteiger charge is -2.23. The molecule has 0 fully saturated rings. The lowest BCUT2D eigenvalue weighted by atomic mass is 10.2. The van der Waals surface area contributed by atoms with Crippen molar-refractivity contribution in [1.82, 2.24) is 10.2 Å². The molecular formula is C17H34N2O6Si. The molecule has 0 aliphatic rings. The lowest BCUT2D eigenvalue weighted by Crippen LogP contribution is -2.43. The molecule has 0 aromatic heterocycles. The number of hydrogen-bond acceptors (Lipinski definition) is 6. The van der Waals surface area contributed by atoms with E-state index in [1.54, 1.807) is 27.7 Å². The Bertz CT molecular complexity index is 471. The van der Waals surface area contributed by atoms with Gasteiger partial charge in [-0.25, -0.2) is 9.59 Å². The van der Waals surface area contributed by atoms with Crippen LogP contribution in [0.25, 0.3) is 0 Å². The molecule has 0 rings (SSSR count). The molecule has 9 heteroatoms. The fourth-order valence-electron chi connectivity index (χ4n) is 1.74. The predicted octanol–water partition coefficient (Wildman–Crippen LogP) is 2.85. The van der Waals surface area contributed by atoms with Crippen LogP contribution in [0.2, 0.25) is 25.7 Å². The van der Waals surface area contributed by atoms with Crippen molar-refractivity contribution < 1.29 is 28.6 Å². The number of rotatable bonds is 9. The van der Waals surface area contributed by atoms with E-state index >= 15 is 0 Å². The maximum atomic E-state index is 12.2. The Hall–Kier alpha value is -1.77.